The number of nitrogens with zero attached hydrogens (tertiary/aromatic N) is 2. The van der Waals surface area contributed by atoms with Crippen LogP contribution in [-0.2, 0) is 5.54 Å². The zero-order chi connectivity index (χ0) is 24.3. The fourth-order valence-electron chi connectivity index (χ4n) is 5.93. The topological polar surface area (TPSA) is 44.0 Å². The van der Waals surface area contributed by atoms with Crippen molar-refractivity contribution in [2.45, 2.75) is 32.2 Å². The van der Waals surface area contributed by atoms with Gasteiger partial charge in [-0.3, -0.25) is 4.90 Å². The van der Waals surface area contributed by atoms with Crippen molar-refractivity contribution in [1.29, 1.82) is 0 Å². The van der Waals surface area contributed by atoms with Gasteiger partial charge in [0.25, 0.3) is 0 Å². The maximum atomic E-state index is 4.93. The fraction of sp³-hybridized carbons (Fsp3) is 0.323. The van der Waals surface area contributed by atoms with Crippen LogP contribution in [0.3, 0.4) is 0 Å². The highest BCUT2D eigenvalue weighted by Gasteiger charge is 2.50. The number of benzene rings is 3. The smallest absolute Gasteiger partial charge is 0.137 e. The number of aryl methyl sites for hydroxylation is 1. The average Bonchev–Trinajstić information content (AvgIpc) is 3.39. The molecular formula is C31H36N4. The lowest BCUT2D eigenvalue weighted by atomic mass is 9.66. The Hall–Kier alpha value is -3.21. The van der Waals surface area contributed by atoms with E-state index in [0.717, 1.165) is 37.6 Å². The zero-order valence-electron chi connectivity index (χ0n) is 21.0. The molecular weight excluding hydrogens is 428 g/mol. The minimum absolute atomic E-state index is 0.148. The van der Waals surface area contributed by atoms with E-state index < -0.39 is 0 Å². The molecule has 1 unspecified atom stereocenters. The number of H-pyrrole nitrogens is 1. The first kappa shape index (κ1) is 23.5. The van der Waals surface area contributed by atoms with E-state index in [9.17, 15) is 0 Å². The van der Waals surface area contributed by atoms with E-state index in [0.29, 0.717) is 5.92 Å². The lowest BCUT2D eigenvalue weighted by Crippen LogP contribution is -2.59. The molecule has 1 aliphatic heterocycles. The van der Waals surface area contributed by atoms with Gasteiger partial charge in [-0.1, -0.05) is 104 Å². The van der Waals surface area contributed by atoms with Crippen molar-refractivity contribution in [1.82, 2.24) is 20.2 Å². The molecule has 0 spiro atoms. The molecule has 4 nitrogen and oxygen atoms in total. The standard InChI is InChI=1S/C31H36N4/c1-23(2)31(35-20-18-32-19-21-35,28-22-33-30(34-28)27-16-14-24(3)15-17-27)29(25-10-6-4-7-11-25)26-12-8-5-9-13-26/h4-17,22-23,29,32H,18-21H2,1-3H3,(H,33,34). The molecule has 0 amide bonds. The van der Waals surface area contributed by atoms with Crippen molar-refractivity contribution >= 4 is 0 Å². The molecule has 1 saturated heterocycles. The Morgan fingerprint density at radius 1 is 0.800 bits per heavy atom. The number of aromatic amines is 1. The maximum absolute atomic E-state index is 4.93. The van der Waals surface area contributed by atoms with Gasteiger partial charge in [0.05, 0.1) is 17.4 Å². The molecule has 4 aromatic rings. The Morgan fingerprint density at radius 3 is 1.91 bits per heavy atom. The van der Waals surface area contributed by atoms with Gasteiger partial charge in [-0.05, 0) is 24.0 Å². The number of nitrogens with one attached hydrogen (secondary N) is 2. The van der Waals surface area contributed by atoms with Crippen LogP contribution in [0.5, 0.6) is 0 Å². The summed E-state index contributed by atoms with van der Waals surface area (Å²) in [5.41, 5.74) is 5.93. The Morgan fingerprint density at radius 2 is 1.37 bits per heavy atom. The van der Waals surface area contributed by atoms with Crippen LogP contribution in [0, 0.1) is 12.8 Å². The molecule has 180 valence electrons. The summed E-state index contributed by atoms with van der Waals surface area (Å²) in [5.74, 6) is 1.41. The first-order valence-corrected chi connectivity index (χ1v) is 12.8. The Kier molecular flexibility index (Phi) is 6.85. The Bertz CT molecular complexity index is 1170. The summed E-state index contributed by atoms with van der Waals surface area (Å²) in [6, 6.07) is 30.6. The molecule has 1 aliphatic rings. The second kappa shape index (κ2) is 10.2. The third kappa shape index (κ3) is 4.44. The Balaban J connectivity index is 1.74. The van der Waals surface area contributed by atoms with E-state index in [1.807, 2.05) is 0 Å². The lowest BCUT2D eigenvalue weighted by molar-refractivity contribution is 0.0114. The molecule has 1 fully saturated rings. The number of rotatable bonds is 7. The molecule has 35 heavy (non-hydrogen) atoms. The molecule has 0 bridgehead atoms. The van der Waals surface area contributed by atoms with E-state index in [1.165, 1.54) is 22.4 Å². The zero-order valence-corrected chi connectivity index (χ0v) is 21.0. The number of hydrogen-bond donors (Lipinski definition) is 2. The van der Waals surface area contributed by atoms with Gasteiger partial charge in [0.2, 0.25) is 0 Å². The molecule has 2 heterocycles. The Labute approximate surface area is 209 Å². The van der Waals surface area contributed by atoms with Gasteiger partial charge in [0.15, 0.2) is 0 Å². The molecule has 5 rings (SSSR count). The van der Waals surface area contributed by atoms with E-state index in [4.69, 9.17) is 4.98 Å². The quantitative estimate of drug-likeness (QED) is 0.354. The first-order chi connectivity index (χ1) is 17.1. The van der Waals surface area contributed by atoms with Gasteiger partial charge < -0.3 is 10.3 Å². The highest BCUT2D eigenvalue weighted by Crippen LogP contribution is 2.50. The number of imidazole rings is 1. The molecule has 1 atom stereocenters. The van der Waals surface area contributed by atoms with E-state index in [-0.39, 0.29) is 11.5 Å². The second-order valence-electron chi connectivity index (χ2n) is 9.98. The van der Waals surface area contributed by atoms with Crippen LogP contribution in [0.4, 0.5) is 0 Å². The monoisotopic (exact) mass is 464 g/mol. The van der Waals surface area contributed by atoms with Crippen LogP contribution in [0.25, 0.3) is 11.4 Å². The summed E-state index contributed by atoms with van der Waals surface area (Å²) in [7, 11) is 0. The van der Waals surface area contributed by atoms with Crippen molar-refractivity contribution < 1.29 is 0 Å². The molecule has 1 aromatic heterocycles. The fourth-order valence-corrected chi connectivity index (χ4v) is 5.93. The minimum atomic E-state index is -0.291. The van der Waals surface area contributed by atoms with E-state index in [1.54, 1.807) is 0 Å². The normalized spacial score (nSPS) is 16.5. The number of piperazine rings is 1. The minimum Gasteiger partial charge on any atom is -0.340 e. The highest BCUT2D eigenvalue weighted by molar-refractivity contribution is 5.56. The first-order valence-electron chi connectivity index (χ1n) is 12.8. The third-order valence-corrected chi connectivity index (χ3v) is 7.56. The summed E-state index contributed by atoms with van der Waals surface area (Å²) in [5, 5.41) is 3.56. The summed E-state index contributed by atoms with van der Waals surface area (Å²) in [6.45, 7) is 10.8. The van der Waals surface area contributed by atoms with Crippen LogP contribution in [-0.4, -0.2) is 41.0 Å². The van der Waals surface area contributed by atoms with E-state index >= 15 is 0 Å². The van der Waals surface area contributed by atoms with Crippen molar-refractivity contribution in [3.63, 3.8) is 0 Å². The predicted molar refractivity (Wildman–Crippen MR) is 144 cm³/mol. The largest absolute Gasteiger partial charge is 0.340 e. The van der Waals surface area contributed by atoms with Gasteiger partial charge in [0, 0.05) is 37.7 Å². The maximum Gasteiger partial charge on any atom is 0.137 e. The summed E-state index contributed by atoms with van der Waals surface area (Å²) < 4.78 is 0. The van der Waals surface area contributed by atoms with Crippen molar-refractivity contribution in [2.75, 3.05) is 26.2 Å². The predicted octanol–water partition coefficient (Wildman–Crippen LogP) is 5.97. The van der Waals surface area contributed by atoms with Crippen molar-refractivity contribution in [3.05, 3.63) is 114 Å². The molecule has 2 N–H and O–H groups in total. The van der Waals surface area contributed by atoms with Gasteiger partial charge in [-0.15, -0.1) is 0 Å². The lowest BCUT2D eigenvalue weighted by Gasteiger charge is -2.53. The van der Waals surface area contributed by atoms with Gasteiger partial charge in [-0.25, -0.2) is 4.98 Å². The molecule has 0 saturated carbocycles. The number of hydrogen-bond acceptors (Lipinski definition) is 3. The van der Waals surface area contributed by atoms with Gasteiger partial charge in [0.1, 0.15) is 5.82 Å². The van der Waals surface area contributed by atoms with Crippen LogP contribution < -0.4 is 5.32 Å². The highest BCUT2D eigenvalue weighted by atomic mass is 15.3. The molecule has 4 heteroatoms. The summed E-state index contributed by atoms with van der Waals surface area (Å²) in [4.78, 5) is 11.4. The third-order valence-electron chi connectivity index (χ3n) is 7.56. The van der Waals surface area contributed by atoms with Crippen LogP contribution in [0.15, 0.2) is 91.1 Å². The molecule has 0 radical (unpaired) electrons. The number of aromatic nitrogens is 2. The molecule has 0 aliphatic carbocycles. The second-order valence-corrected chi connectivity index (χ2v) is 9.98. The average molecular weight is 465 g/mol. The van der Waals surface area contributed by atoms with Crippen LogP contribution in [0.2, 0.25) is 0 Å². The van der Waals surface area contributed by atoms with Crippen molar-refractivity contribution in [3.8, 4) is 11.4 Å². The summed E-state index contributed by atoms with van der Waals surface area (Å²) >= 11 is 0. The van der Waals surface area contributed by atoms with Gasteiger partial charge in [-0.2, -0.15) is 0 Å². The van der Waals surface area contributed by atoms with Crippen LogP contribution >= 0.6 is 0 Å². The summed E-state index contributed by atoms with van der Waals surface area (Å²) in [6.07, 6.45) is 2.09. The molecule has 3 aromatic carbocycles. The van der Waals surface area contributed by atoms with Gasteiger partial charge >= 0.3 is 0 Å². The SMILES string of the molecule is Cc1ccc(-c2ncc(C(C(C)C)(C(c3ccccc3)c3ccccc3)N3CCNCC3)[nH]2)cc1. The van der Waals surface area contributed by atoms with Crippen LogP contribution in [0.1, 0.15) is 42.1 Å². The van der Waals surface area contributed by atoms with Crippen molar-refractivity contribution in [2.24, 2.45) is 5.92 Å². The van der Waals surface area contributed by atoms with E-state index in [2.05, 4.69) is 127 Å².